The van der Waals surface area contributed by atoms with Gasteiger partial charge in [-0.1, -0.05) is 0 Å². The smallest absolute Gasteiger partial charge is 0.236 e. The third-order valence-electron chi connectivity index (χ3n) is 4.38. The maximum Gasteiger partial charge on any atom is 0.236 e. The highest BCUT2D eigenvalue weighted by atomic mass is 32.1. The van der Waals surface area contributed by atoms with Gasteiger partial charge in [-0.15, -0.1) is 11.3 Å². The molecular formula is C15H24N4OS. The summed E-state index contributed by atoms with van der Waals surface area (Å²) in [4.78, 5) is 23.5. The molecule has 1 amide bonds. The summed E-state index contributed by atoms with van der Waals surface area (Å²) in [5, 5.41) is 3.22. The molecule has 2 saturated heterocycles. The average molecular weight is 308 g/mol. The summed E-state index contributed by atoms with van der Waals surface area (Å²) in [6, 6.07) is 0.413. The van der Waals surface area contributed by atoms with Gasteiger partial charge in [0.2, 0.25) is 5.91 Å². The van der Waals surface area contributed by atoms with Gasteiger partial charge in [0.05, 0.1) is 12.2 Å². The van der Waals surface area contributed by atoms with E-state index in [9.17, 15) is 4.79 Å². The maximum absolute atomic E-state index is 12.2. The van der Waals surface area contributed by atoms with Gasteiger partial charge >= 0.3 is 0 Å². The van der Waals surface area contributed by atoms with E-state index in [4.69, 9.17) is 0 Å². The lowest BCUT2D eigenvalue weighted by Gasteiger charge is -2.39. The van der Waals surface area contributed by atoms with Crippen molar-refractivity contribution in [3.63, 3.8) is 0 Å². The highest BCUT2D eigenvalue weighted by Crippen LogP contribution is 2.24. The fourth-order valence-corrected chi connectivity index (χ4v) is 4.12. The van der Waals surface area contributed by atoms with Crippen molar-refractivity contribution in [3.8, 4) is 0 Å². The largest absolute Gasteiger partial charge is 0.343 e. The fourth-order valence-electron chi connectivity index (χ4n) is 3.19. The molecule has 116 valence electrons. The van der Waals surface area contributed by atoms with E-state index in [0.717, 1.165) is 43.5 Å². The van der Waals surface area contributed by atoms with Crippen molar-refractivity contribution in [2.45, 2.75) is 32.7 Å². The number of likely N-dealkylation sites (tertiary alicyclic amines) is 1. The van der Waals surface area contributed by atoms with Crippen LogP contribution in [0.2, 0.25) is 0 Å². The van der Waals surface area contributed by atoms with E-state index in [1.54, 1.807) is 11.3 Å². The predicted octanol–water partition coefficient (Wildman–Crippen LogP) is 1.58. The van der Waals surface area contributed by atoms with Gasteiger partial charge in [0.25, 0.3) is 0 Å². The van der Waals surface area contributed by atoms with Crippen LogP contribution in [0.25, 0.3) is 0 Å². The molecule has 2 aliphatic heterocycles. The number of thiazole rings is 1. The molecule has 5 nitrogen and oxygen atoms in total. The average Bonchev–Trinajstić information content (AvgIpc) is 3.10. The van der Waals surface area contributed by atoms with Crippen molar-refractivity contribution < 1.29 is 4.79 Å². The van der Waals surface area contributed by atoms with Gasteiger partial charge in [-0.3, -0.25) is 9.69 Å². The zero-order chi connectivity index (χ0) is 14.8. The van der Waals surface area contributed by atoms with Crippen molar-refractivity contribution in [1.29, 1.82) is 0 Å². The minimum absolute atomic E-state index is 0.304. The Bertz CT molecular complexity index is 498. The molecule has 0 radical (unpaired) electrons. The molecule has 21 heavy (non-hydrogen) atoms. The zero-order valence-corrected chi connectivity index (χ0v) is 13.7. The van der Waals surface area contributed by atoms with Crippen LogP contribution < -0.4 is 4.90 Å². The van der Waals surface area contributed by atoms with Crippen LogP contribution in [0, 0.1) is 6.92 Å². The van der Waals surface area contributed by atoms with Gasteiger partial charge in [-0.25, -0.2) is 4.98 Å². The summed E-state index contributed by atoms with van der Waals surface area (Å²) in [5.74, 6) is 0.304. The molecule has 0 aliphatic carbocycles. The molecule has 0 spiro atoms. The number of carbonyl (C=O) groups excluding carboxylic acids is 1. The lowest BCUT2D eigenvalue weighted by atomic mass is 10.2. The molecule has 1 aromatic rings. The predicted molar refractivity (Wildman–Crippen MR) is 85.9 cm³/mol. The van der Waals surface area contributed by atoms with E-state index in [1.807, 2.05) is 11.8 Å². The van der Waals surface area contributed by atoms with Gasteiger partial charge in [0, 0.05) is 44.1 Å². The first-order valence-corrected chi connectivity index (χ1v) is 8.70. The van der Waals surface area contributed by atoms with Gasteiger partial charge in [0.15, 0.2) is 5.13 Å². The molecule has 1 atom stereocenters. The summed E-state index contributed by atoms with van der Waals surface area (Å²) in [5.41, 5.74) is 1.09. The lowest BCUT2D eigenvalue weighted by molar-refractivity contribution is -0.131. The standard InChI is InChI=1S/C15H24N4OS/c1-12-11-21-15(16-12)19-8-7-17(9-13(19)2)10-14(20)18-5-3-4-6-18/h11,13H,3-10H2,1-2H3/t13-/m0/s1. The summed E-state index contributed by atoms with van der Waals surface area (Å²) < 4.78 is 0. The van der Waals surface area contributed by atoms with Crippen LogP contribution in [0.4, 0.5) is 5.13 Å². The third-order valence-corrected chi connectivity index (χ3v) is 5.38. The van der Waals surface area contributed by atoms with Gasteiger partial charge in [-0.05, 0) is 26.7 Å². The molecular weight excluding hydrogens is 284 g/mol. The lowest BCUT2D eigenvalue weighted by Crippen LogP contribution is -2.54. The van der Waals surface area contributed by atoms with Gasteiger partial charge in [-0.2, -0.15) is 0 Å². The van der Waals surface area contributed by atoms with Crippen LogP contribution in [0.3, 0.4) is 0 Å². The van der Waals surface area contributed by atoms with Crippen LogP contribution in [0.15, 0.2) is 5.38 Å². The van der Waals surface area contributed by atoms with Gasteiger partial charge < -0.3 is 9.80 Å². The number of rotatable bonds is 3. The number of aromatic nitrogens is 1. The Morgan fingerprint density at radius 3 is 2.71 bits per heavy atom. The Kier molecular flexibility index (Phi) is 4.45. The minimum Gasteiger partial charge on any atom is -0.343 e. The molecule has 0 unspecified atom stereocenters. The second kappa shape index (κ2) is 6.32. The maximum atomic E-state index is 12.2. The van der Waals surface area contributed by atoms with E-state index in [2.05, 4.69) is 27.1 Å². The number of hydrogen-bond donors (Lipinski definition) is 0. The number of anilines is 1. The molecule has 0 N–H and O–H groups in total. The topological polar surface area (TPSA) is 39.7 Å². The molecule has 6 heteroatoms. The highest BCUT2D eigenvalue weighted by Gasteiger charge is 2.28. The van der Waals surface area contributed by atoms with Crippen LogP contribution in [0.1, 0.15) is 25.5 Å². The van der Waals surface area contributed by atoms with Crippen molar-refractivity contribution in [1.82, 2.24) is 14.8 Å². The van der Waals surface area contributed by atoms with Crippen molar-refractivity contribution >= 4 is 22.4 Å². The molecule has 2 aliphatic rings. The van der Waals surface area contributed by atoms with E-state index in [0.29, 0.717) is 18.5 Å². The second-order valence-corrected chi connectivity index (χ2v) is 6.97. The summed E-state index contributed by atoms with van der Waals surface area (Å²) >= 11 is 1.72. The molecule has 0 bridgehead atoms. The Hall–Kier alpha value is -1.14. The molecule has 3 heterocycles. The van der Waals surface area contributed by atoms with Crippen molar-refractivity contribution in [2.24, 2.45) is 0 Å². The van der Waals surface area contributed by atoms with Crippen LogP contribution in [-0.4, -0.2) is 66.0 Å². The first-order valence-electron chi connectivity index (χ1n) is 7.82. The SMILES string of the molecule is Cc1csc(N2CCN(CC(=O)N3CCCC3)C[C@@H]2C)n1. The summed E-state index contributed by atoms with van der Waals surface area (Å²) in [6.45, 7) is 9.59. The molecule has 3 rings (SSSR count). The quantitative estimate of drug-likeness (QED) is 0.850. The van der Waals surface area contributed by atoms with Crippen molar-refractivity contribution in [3.05, 3.63) is 11.1 Å². The van der Waals surface area contributed by atoms with E-state index in [-0.39, 0.29) is 0 Å². The van der Waals surface area contributed by atoms with Gasteiger partial charge in [0.1, 0.15) is 0 Å². The third kappa shape index (κ3) is 3.37. The molecule has 1 aromatic heterocycles. The van der Waals surface area contributed by atoms with E-state index in [1.165, 1.54) is 12.8 Å². The molecule has 0 aromatic carbocycles. The second-order valence-electron chi connectivity index (χ2n) is 6.14. The van der Waals surface area contributed by atoms with E-state index >= 15 is 0 Å². The monoisotopic (exact) mass is 308 g/mol. The Morgan fingerprint density at radius 1 is 1.33 bits per heavy atom. The zero-order valence-electron chi connectivity index (χ0n) is 12.9. The number of piperazine rings is 1. The number of carbonyl (C=O) groups is 1. The van der Waals surface area contributed by atoms with Crippen LogP contribution in [0.5, 0.6) is 0 Å². The number of amides is 1. The van der Waals surface area contributed by atoms with Crippen LogP contribution >= 0.6 is 11.3 Å². The Balaban J connectivity index is 1.54. The Labute approximate surface area is 130 Å². The number of aryl methyl sites for hydroxylation is 1. The van der Waals surface area contributed by atoms with Crippen molar-refractivity contribution in [2.75, 3.05) is 44.2 Å². The highest BCUT2D eigenvalue weighted by molar-refractivity contribution is 7.13. The minimum atomic E-state index is 0.304. The normalized spacial score (nSPS) is 23.8. The van der Waals surface area contributed by atoms with E-state index < -0.39 is 0 Å². The summed E-state index contributed by atoms with van der Waals surface area (Å²) in [6.07, 6.45) is 2.33. The first-order chi connectivity index (χ1) is 10.1. The van der Waals surface area contributed by atoms with Crippen LogP contribution in [-0.2, 0) is 4.79 Å². The number of hydrogen-bond acceptors (Lipinski definition) is 5. The first kappa shape index (κ1) is 14.8. The molecule has 0 saturated carbocycles. The molecule has 2 fully saturated rings. The Morgan fingerprint density at radius 2 is 2.10 bits per heavy atom. The fraction of sp³-hybridized carbons (Fsp3) is 0.733. The summed E-state index contributed by atoms with van der Waals surface area (Å²) in [7, 11) is 0. The number of nitrogens with zero attached hydrogens (tertiary/aromatic N) is 4.